The van der Waals surface area contributed by atoms with Crippen LogP contribution in [0.3, 0.4) is 0 Å². The monoisotopic (exact) mass is 437 g/mol. The number of benzene rings is 2. The number of aryl methyl sites for hydroxylation is 4. The Morgan fingerprint density at radius 3 is 2.35 bits per heavy atom. The van der Waals surface area contributed by atoms with Gasteiger partial charge in [0.1, 0.15) is 0 Å². The van der Waals surface area contributed by atoms with E-state index < -0.39 is 10.0 Å². The molecule has 4 rings (SSSR count). The van der Waals surface area contributed by atoms with Crippen LogP contribution in [0, 0.1) is 20.8 Å². The Bertz CT molecular complexity index is 1340. The number of hydrogen-bond acceptors (Lipinski definition) is 4. The lowest BCUT2D eigenvalue weighted by atomic mass is 9.89. The summed E-state index contributed by atoms with van der Waals surface area (Å²) < 4.78 is 30.6. The molecule has 0 unspecified atom stereocenters. The number of nitrogens with one attached hydrogen (secondary N) is 1. The average molecular weight is 438 g/mol. The summed E-state index contributed by atoms with van der Waals surface area (Å²) in [5.74, 6) is 0. The number of fused-ring (bicyclic) bond motifs is 1. The van der Waals surface area contributed by atoms with Gasteiger partial charge in [0.2, 0.25) is 0 Å². The van der Waals surface area contributed by atoms with Crippen molar-refractivity contribution in [2.24, 2.45) is 7.05 Å². The van der Waals surface area contributed by atoms with Crippen LogP contribution in [0.4, 0.5) is 5.69 Å². The van der Waals surface area contributed by atoms with E-state index >= 15 is 0 Å². The topological polar surface area (TPSA) is 81.1 Å². The Labute approximate surface area is 183 Å². The molecule has 6 nitrogen and oxygen atoms in total. The van der Waals surface area contributed by atoms with Gasteiger partial charge in [-0.15, -0.1) is 0 Å². The average Bonchev–Trinajstić information content (AvgIpc) is 2.73. The molecule has 0 amide bonds. The standard InChI is InChI=1S/C24H27N3O3S/c1-15-9-12-21(17(3)13-15)26-31(29,30)22-14-18(11-10-16(22)2)23-19-7-5-6-8-20(19)24(28)27(4)25-23/h9-14,26H,5-8H2,1-4H3. The van der Waals surface area contributed by atoms with Gasteiger partial charge < -0.3 is 0 Å². The third kappa shape index (κ3) is 4.02. The number of nitrogens with zero attached hydrogens (tertiary/aromatic N) is 2. The number of rotatable bonds is 4. The van der Waals surface area contributed by atoms with E-state index in [2.05, 4.69) is 9.82 Å². The predicted molar refractivity (Wildman–Crippen MR) is 123 cm³/mol. The molecule has 0 bridgehead atoms. The number of sulfonamides is 1. The third-order valence-corrected chi connectivity index (χ3v) is 7.44. The van der Waals surface area contributed by atoms with Gasteiger partial charge in [0.15, 0.2) is 0 Å². The molecule has 0 radical (unpaired) electrons. The third-order valence-electron chi connectivity index (χ3n) is 5.93. The highest BCUT2D eigenvalue weighted by Gasteiger charge is 2.23. The van der Waals surface area contributed by atoms with Crippen molar-refractivity contribution in [1.29, 1.82) is 0 Å². The minimum absolute atomic E-state index is 0.0603. The van der Waals surface area contributed by atoms with E-state index in [4.69, 9.17) is 0 Å². The first-order valence-electron chi connectivity index (χ1n) is 10.5. The molecule has 162 valence electrons. The van der Waals surface area contributed by atoms with Gasteiger partial charge >= 0.3 is 0 Å². The first kappa shape index (κ1) is 21.3. The SMILES string of the molecule is Cc1ccc(NS(=O)(=O)c2cc(-c3nn(C)c(=O)c4c3CCCC4)ccc2C)c(C)c1. The lowest BCUT2D eigenvalue weighted by Gasteiger charge is -2.20. The van der Waals surface area contributed by atoms with Gasteiger partial charge in [-0.25, -0.2) is 13.1 Å². The quantitative estimate of drug-likeness (QED) is 0.668. The van der Waals surface area contributed by atoms with E-state index in [0.717, 1.165) is 47.9 Å². The van der Waals surface area contributed by atoms with Gasteiger partial charge in [-0.1, -0.05) is 29.8 Å². The molecule has 7 heteroatoms. The zero-order chi connectivity index (χ0) is 22.3. The molecule has 0 saturated carbocycles. The van der Waals surface area contributed by atoms with Crippen molar-refractivity contribution in [1.82, 2.24) is 9.78 Å². The Balaban J connectivity index is 1.81. The number of aromatic nitrogens is 2. The fourth-order valence-electron chi connectivity index (χ4n) is 4.25. The maximum atomic E-state index is 13.3. The van der Waals surface area contributed by atoms with Crippen LogP contribution in [-0.4, -0.2) is 18.2 Å². The smallest absolute Gasteiger partial charge is 0.269 e. The summed E-state index contributed by atoms with van der Waals surface area (Å²) in [7, 11) is -2.15. The summed E-state index contributed by atoms with van der Waals surface area (Å²) in [4.78, 5) is 12.7. The Hall–Kier alpha value is -2.93. The van der Waals surface area contributed by atoms with Crippen LogP contribution in [0.1, 0.15) is 40.7 Å². The fraction of sp³-hybridized carbons (Fsp3) is 0.333. The van der Waals surface area contributed by atoms with Crippen LogP contribution in [0.25, 0.3) is 11.3 Å². The highest BCUT2D eigenvalue weighted by atomic mass is 32.2. The van der Waals surface area contributed by atoms with Crippen molar-refractivity contribution in [2.45, 2.75) is 51.3 Å². The highest BCUT2D eigenvalue weighted by Crippen LogP contribution is 2.31. The molecule has 1 heterocycles. The van der Waals surface area contributed by atoms with Gasteiger partial charge in [-0.05, 0) is 75.3 Å². The summed E-state index contributed by atoms with van der Waals surface area (Å²) in [6.45, 7) is 5.64. The maximum Gasteiger partial charge on any atom is 0.269 e. The maximum absolute atomic E-state index is 13.3. The molecular weight excluding hydrogens is 410 g/mol. The molecule has 0 atom stereocenters. The number of anilines is 1. The van der Waals surface area contributed by atoms with Gasteiger partial charge in [0.05, 0.1) is 16.3 Å². The normalized spacial score (nSPS) is 13.7. The first-order chi connectivity index (χ1) is 14.7. The van der Waals surface area contributed by atoms with Crippen LogP contribution < -0.4 is 10.3 Å². The Kier molecular flexibility index (Phi) is 5.47. The highest BCUT2D eigenvalue weighted by molar-refractivity contribution is 7.92. The lowest BCUT2D eigenvalue weighted by molar-refractivity contribution is 0.600. The van der Waals surface area contributed by atoms with Gasteiger partial charge in [-0.3, -0.25) is 9.52 Å². The van der Waals surface area contributed by atoms with Crippen molar-refractivity contribution in [3.8, 4) is 11.3 Å². The van der Waals surface area contributed by atoms with E-state index in [1.807, 2.05) is 32.0 Å². The van der Waals surface area contributed by atoms with Crippen molar-refractivity contribution >= 4 is 15.7 Å². The summed E-state index contributed by atoms with van der Waals surface area (Å²) in [5.41, 5.74) is 6.25. The molecule has 1 aliphatic rings. The van der Waals surface area contributed by atoms with Gasteiger partial charge in [-0.2, -0.15) is 5.10 Å². The second-order valence-corrected chi connectivity index (χ2v) is 10.00. The van der Waals surface area contributed by atoms with Crippen LogP contribution in [0.2, 0.25) is 0 Å². The van der Waals surface area contributed by atoms with Gasteiger partial charge in [0.25, 0.3) is 15.6 Å². The minimum atomic E-state index is -3.80. The summed E-state index contributed by atoms with van der Waals surface area (Å²) in [6.07, 6.45) is 3.51. The molecule has 0 saturated heterocycles. The molecule has 1 aromatic heterocycles. The fourth-order valence-corrected chi connectivity index (χ4v) is 5.65. The van der Waals surface area contributed by atoms with E-state index in [-0.39, 0.29) is 10.5 Å². The molecule has 0 spiro atoms. The second-order valence-electron chi connectivity index (χ2n) is 8.35. The lowest BCUT2D eigenvalue weighted by Crippen LogP contribution is -2.28. The molecule has 0 aliphatic heterocycles. The Morgan fingerprint density at radius 2 is 1.65 bits per heavy atom. The largest absolute Gasteiger partial charge is 0.279 e. The van der Waals surface area contributed by atoms with Crippen molar-refractivity contribution in [3.05, 3.63) is 74.6 Å². The minimum Gasteiger partial charge on any atom is -0.279 e. The molecule has 1 aliphatic carbocycles. The van der Waals surface area contributed by atoms with Crippen LogP contribution in [-0.2, 0) is 29.9 Å². The molecular formula is C24H27N3O3S. The van der Waals surface area contributed by atoms with Crippen LogP contribution in [0.5, 0.6) is 0 Å². The van der Waals surface area contributed by atoms with Crippen LogP contribution >= 0.6 is 0 Å². The molecule has 2 aromatic carbocycles. The molecule has 1 N–H and O–H groups in total. The zero-order valence-corrected chi connectivity index (χ0v) is 19.1. The molecule has 0 fully saturated rings. The van der Waals surface area contributed by atoms with Crippen molar-refractivity contribution in [3.63, 3.8) is 0 Å². The second kappa shape index (κ2) is 7.96. The molecule has 31 heavy (non-hydrogen) atoms. The van der Waals surface area contributed by atoms with E-state index in [9.17, 15) is 13.2 Å². The van der Waals surface area contributed by atoms with E-state index in [0.29, 0.717) is 22.5 Å². The van der Waals surface area contributed by atoms with Crippen LogP contribution in [0.15, 0.2) is 46.1 Å². The predicted octanol–water partition coefficient (Wildman–Crippen LogP) is 4.05. The molecule has 3 aromatic rings. The Morgan fingerprint density at radius 1 is 0.935 bits per heavy atom. The zero-order valence-electron chi connectivity index (χ0n) is 18.3. The summed E-state index contributed by atoms with van der Waals surface area (Å²) in [6, 6.07) is 11.0. The summed E-state index contributed by atoms with van der Waals surface area (Å²) in [5, 5.41) is 4.51. The van der Waals surface area contributed by atoms with Gasteiger partial charge in [0, 0.05) is 18.2 Å². The first-order valence-corrected chi connectivity index (χ1v) is 12.0. The number of hydrogen-bond donors (Lipinski definition) is 1. The summed E-state index contributed by atoms with van der Waals surface area (Å²) >= 11 is 0. The van der Waals surface area contributed by atoms with E-state index in [1.165, 1.54) is 4.68 Å². The van der Waals surface area contributed by atoms with E-state index in [1.54, 1.807) is 32.2 Å². The van der Waals surface area contributed by atoms with Crippen molar-refractivity contribution < 1.29 is 8.42 Å². The van der Waals surface area contributed by atoms with Crippen molar-refractivity contribution in [2.75, 3.05) is 4.72 Å².